The molecule has 0 aliphatic heterocycles. The van der Waals surface area contributed by atoms with E-state index >= 15 is 0 Å². The van der Waals surface area contributed by atoms with Crippen LogP contribution in [0.3, 0.4) is 0 Å². The fourth-order valence-corrected chi connectivity index (χ4v) is 0.846. The fraction of sp³-hybridized carbons (Fsp3) is 0.800. The Morgan fingerprint density at radius 1 is 1.58 bits per heavy atom. The zero-order valence-electron chi connectivity index (χ0n) is 6.93. The van der Waals surface area contributed by atoms with Gasteiger partial charge in [0.15, 0.2) is 0 Å². The largest absolute Gasteiger partial charge is 0.469 e. The van der Waals surface area contributed by atoms with Crippen molar-refractivity contribution in [1.29, 1.82) is 0 Å². The molecule has 0 aromatic carbocycles. The van der Waals surface area contributed by atoms with Crippen LogP contribution in [0.2, 0.25) is 0 Å². The van der Waals surface area contributed by atoms with Gasteiger partial charge in [-0.05, 0) is 7.05 Å². The van der Waals surface area contributed by atoms with Gasteiger partial charge in [-0.15, -0.1) is 0 Å². The second kappa shape index (κ2) is 4.57. The van der Waals surface area contributed by atoms with Crippen LogP contribution in [0, 0.1) is 0 Å². The number of hydrogen-bond donors (Lipinski definition) is 2. The molecule has 0 aliphatic carbocycles. The number of carbonyl (C=O) groups is 1. The molecule has 0 aromatic heterocycles. The zero-order valence-corrected chi connectivity index (χ0v) is 7.82. The first-order valence-corrected chi connectivity index (χ1v) is 4.78. The normalized spacial score (nSPS) is 11.8. The molecule has 12 heavy (non-hydrogen) atoms. The summed E-state index contributed by atoms with van der Waals surface area (Å²) in [5.41, 5.74) is 0. The molecule has 0 saturated heterocycles. The third-order valence-electron chi connectivity index (χ3n) is 1.31. The van der Waals surface area contributed by atoms with Gasteiger partial charge in [0.05, 0.1) is 13.5 Å². The maximum Gasteiger partial charge on any atom is 0.402 e. The van der Waals surface area contributed by atoms with Gasteiger partial charge < -0.3 is 14.5 Å². The summed E-state index contributed by atoms with van der Waals surface area (Å²) >= 11 is 0. The highest BCUT2D eigenvalue weighted by atomic mass is 31.2. The summed E-state index contributed by atoms with van der Waals surface area (Å²) in [6.45, 7) is -0.0169. The lowest BCUT2D eigenvalue weighted by Crippen LogP contribution is -2.19. The molecule has 0 atom stereocenters. The summed E-state index contributed by atoms with van der Waals surface area (Å²) in [7, 11) is -1.74. The van der Waals surface area contributed by atoms with Crippen molar-refractivity contribution in [2.24, 2.45) is 0 Å². The summed E-state index contributed by atoms with van der Waals surface area (Å²) in [5, 5.41) is 0. The van der Waals surface area contributed by atoms with Crippen molar-refractivity contribution in [3.8, 4) is 0 Å². The van der Waals surface area contributed by atoms with Gasteiger partial charge in [0.1, 0.15) is 0 Å². The molecule has 0 unspecified atom stereocenters. The predicted octanol–water partition coefficient (Wildman–Crippen LogP) is -0.426. The van der Waals surface area contributed by atoms with Gasteiger partial charge in [-0.2, -0.15) is 0 Å². The van der Waals surface area contributed by atoms with E-state index in [4.69, 9.17) is 9.79 Å². The number of carbonyl (C=O) groups excluding carboxylic acids is 1. The molecule has 0 radical (unpaired) electrons. The Morgan fingerprint density at radius 3 is 2.42 bits per heavy atom. The van der Waals surface area contributed by atoms with Gasteiger partial charge in [0.2, 0.25) is 0 Å². The molecule has 0 saturated carbocycles. The van der Waals surface area contributed by atoms with E-state index in [2.05, 4.69) is 4.74 Å². The molecule has 0 aliphatic rings. The van der Waals surface area contributed by atoms with E-state index in [-0.39, 0.29) is 13.0 Å². The summed E-state index contributed by atoms with van der Waals surface area (Å²) in [5.74, 6) is -0.490. The molecule has 0 fully saturated rings. The Bertz CT molecular complexity index is 200. The van der Waals surface area contributed by atoms with Crippen LogP contribution in [0.25, 0.3) is 0 Å². The van der Waals surface area contributed by atoms with Crippen molar-refractivity contribution in [1.82, 2.24) is 4.67 Å². The van der Waals surface area contributed by atoms with E-state index in [0.29, 0.717) is 0 Å². The Kier molecular flexibility index (Phi) is 4.41. The van der Waals surface area contributed by atoms with Gasteiger partial charge in [-0.1, -0.05) is 0 Å². The zero-order chi connectivity index (χ0) is 9.78. The Labute approximate surface area is 70.3 Å². The van der Waals surface area contributed by atoms with Gasteiger partial charge in [-0.3, -0.25) is 4.79 Å². The third kappa shape index (κ3) is 4.46. The second-order valence-electron chi connectivity index (χ2n) is 2.22. The standard InChI is InChI=1S/C5H12NO5P/c1-6(12(8,9)10)4-3-5(7)11-2/h3-4H2,1-2H3,(H2,8,9,10). The van der Waals surface area contributed by atoms with E-state index in [1.807, 2.05) is 0 Å². The predicted molar refractivity (Wildman–Crippen MR) is 41.3 cm³/mol. The molecule has 72 valence electrons. The van der Waals surface area contributed by atoms with Gasteiger partial charge in [-0.25, -0.2) is 9.24 Å². The van der Waals surface area contributed by atoms with Crippen LogP contribution in [0.5, 0.6) is 0 Å². The summed E-state index contributed by atoms with van der Waals surface area (Å²) in [6.07, 6.45) is -0.0297. The van der Waals surface area contributed by atoms with Crippen molar-refractivity contribution in [3.05, 3.63) is 0 Å². The second-order valence-corrected chi connectivity index (χ2v) is 3.93. The third-order valence-corrected chi connectivity index (χ3v) is 2.40. The van der Waals surface area contributed by atoms with Crippen LogP contribution in [0.4, 0.5) is 0 Å². The van der Waals surface area contributed by atoms with Crippen molar-refractivity contribution >= 4 is 13.7 Å². The van der Waals surface area contributed by atoms with Crippen molar-refractivity contribution in [2.45, 2.75) is 6.42 Å². The summed E-state index contributed by atoms with van der Waals surface area (Å²) in [4.78, 5) is 27.7. The monoisotopic (exact) mass is 197 g/mol. The number of rotatable bonds is 4. The van der Waals surface area contributed by atoms with Crippen LogP contribution in [0.15, 0.2) is 0 Å². The van der Waals surface area contributed by atoms with Crippen molar-refractivity contribution < 1.29 is 23.9 Å². The van der Waals surface area contributed by atoms with E-state index in [1.165, 1.54) is 14.2 Å². The minimum Gasteiger partial charge on any atom is -0.469 e. The molecule has 0 amide bonds. The minimum absolute atomic E-state index is 0.0169. The SMILES string of the molecule is COC(=O)CCN(C)P(=O)(O)O. The molecular weight excluding hydrogens is 185 g/mol. The maximum atomic E-state index is 10.5. The maximum absolute atomic E-state index is 10.5. The van der Waals surface area contributed by atoms with Gasteiger partial charge in [0.25, 0.3) is 0 Å². The Morgan fingerprint density at radius 2 is 2.08 bits per heavy atom. The number of hydrogen-bond acceptors (Lipinski definition) is 3. The molecule has 2 N–H and O–H groups in total. The van der Waals surface area contributed by atoms with Gasteiger partial charge in [0, 0.05) is 6.54 Å². The molecule has 0 spiro atoms. The Balaban J connectivity index is 3.80. The first-order chi connectivity index (χ1) is 5.38. The van der Waals surface area contributed by atoms with Gasteiger partial charge >= 0.3 is 13.7 Å². The average Bonchev–Trinajstić information content (AvgIpc) is 1.97. The molecular formula is C5H12NO5P. The van der Waals surface area contributed by atoms with Crippen LogP contribution >= 0.6 is 7.75 Å². The van der Waals surface area contributed by atoms with Crippen LogP contribution in [-0.2, 0) is 14.1 Å². The highest BCUT2D eigenvalue weighted by molar-refractivity contribution is 7.49. The van der Waals surface area contributed by atoms with E-state index < -0.39 is 13.7 Å². The number of methoxy groups -OCH3 is 1. The highest BCUT2D eigenvalue weighted by Gasteiger charge is 2.20. The van der Waals surface area contributed by atoms with E-state index in [1.54, 1.807) is 0 Å². The first kappa shape index (κ1) is 11.6. The molecule has 7 heteroatoms. The highest BCUT2D eigenvalue weighted by Crippen LogP contribution is 2.37. The minimum atomic E-state index is -4.20. The summed E-state index contributed by atoms with van der Waals surface area (Å²) in [6, 6.07) is 0. The van der Waals surface area contributed by atoms with Crippen molar-refractivity contribution in [3.63, 3.8) is 0 Å². The smallest absolute Gasteiger partial charge is 0.402 e. The number of esters is 1. The van der Waals surface area contributed by atoms with E-state index in [0.717, 1.165) is 4.67 Å². The lowest BCUT2D eigenvalue weighted by atomic mass is 10.4. The average molecular weight is 197 g/mol. The lowest BCUT2D eigenvalue weighted by molar-refractivity contribution is -0.140. The van der Waals surface area contributed by atoms with Crippen molar-refractivity contribution in [2.75, 3.05) is 20.7 Å². The lowest BCUT2D eigenvalue weighted by Gasteiger charge is -2.16. The number of nitrogens with zero attached hydrogens (tertiary/aromatic N) is 1. The first-order valence-electron chi connectivity index (χ1n) is 3.22. The molecule has 0 heterocycles. The quantitative estimate of drug-likeness (QED) is 0.470. The van der Waals surface area contributed by atoms with Crippen LogP contribution in [0.1, 0.15) is 6.42 Å². The number of ether oxygens (including phenoxy) is 1. The molecule has 6 nitrogen and oxygen atoms in total. The van der Waals surface area contributed by atoms with E-state index in [9.17, 15) is 9.36 Å². The van der Waals surface area contributed by atoms with Crippen LogP contribution in [-0.4, -0.2) is 41.1 Å². The topological polar surface area (TPSA) is 87.1 Å². The van der Waals surface area contributed by atoms with Crippen LogP contribution < -0.4 is 0 Å². The summed E-state index contributed by atoms with van der Waals surface area (Å²) < 4.78 is 15.6. The molecule has 0 aromatic rings. The molecule has 0 rings (SSSR count). The fourth-order valence-electron chi connectivity index (χ4n) is 0.485. The molecule has 0 bridgehead atoms. The Hall–Kier alpha value is -0.420.